The SMILES string of the molecule is O=CCC1C=CC=CC=C1. The normalized spacial score (nSPS) is 17.2. The van der Waals surface area contributed by atoms with E-state index in [2.05, 4.69) is 0 Å². The zero-order valence-electron chi connectivity index (χ0n) is 5.73. The molecule has 0 bridgehead atoms. The highest BCUT2D eigenvalue weighted by atomic mass is 16.1. The quantitative estimate of drug-likeness (QED) is 0.527. The van der Waals surface area contributed by atoms with Crippen molar-refractivity contribution in [1.29, 1.82) is 0 Å². The fourth-order valence-electron chi connectivity index (χ4n) is 0.874. The average Bonchev–Trinajstić information content (AvgIpc) is 2.17. The van der Waals surface area contributed by atoms with Crippen LogP contribution in [0, 0.1) is 5.92 Å². The lowest BCUT2D eigenvalue weighted by Crippen LogP contribution is -1.90. The van der Waals surface area contributed by atoms with Crippen LogP contribution in [-0.2, 0) is 4.79 Å². The topological polar surface area (TPSA) is 17.1 Å². The Morgan fingerprint density at radius 2 is 1.70 bits per heavy atom. The largest absolute Gasteiger partial charge is 0.303 e. The minimum absolute atomic E-state index is 0.299. The van der Waals surface area contributed by atoms with Crippen molar-refractivity contribution in [1.82, 2.24) is 0 Å². The Labute approximate surface area is 60.7 Å². The lowest BCUT2D eigenvalue weighted by Gasteiger charge is -1.97. The summed E-state index contributed by atoms with van der Waals surface area (Å²) in [6.45, 7) is 0. The van der Waals surface area contributed by atoms with Crippen molar-refractivity contribution in [3.63, 3.8) is 0 Å². The maximum atomic E-state index is 10.1. The maximum Gasteiger partial charge on any atom is 0.120 e. The molecule has 0 unspecified atom stereocenters. The molecule has 0 N–H and O–H groups in total. The van der Waals surface area contributed by atoms with Crippen molar-refractivity contribution >= 4 is 6.29 Å². The van der Waals surface area contributed by atoms with Gasteiger partial charge >= 0.3 is 0 Å². The molecule has 0 radical (unpaired) electrons. The van der Waals surface area contributed by atoms with Gasteiger partial charge in [0.25, 0.3) is 0 Å². The Bertz CT molecular complexity index is 171. The van der Waals surface area contributed by atoms with Gasteiger partial charge in [0.2, 0.25) is 0 Å². The molecule has 0 heterocycles. The molecule has 0 aromatic heterocycles. The van der Waals surface area contributed by atoms with Crippen LogP contribution >= 0.6 is 0 Å². The van der Waals surface area contributed by atoms with Gasteiger partial charge in [-0.05, 0) is 0 Å². The summed E-state index contributed by atoms with van der Waals surface area (Å²) in [6.07, 6.45) is 13.4. The van der Waals surface area contributed by atoms with Crippen molar-refractivity contribution < 1.29 is 4.79 Å². The van der Waals surface area contributed by atoms with Gasteiger partial charge in [0.15, 0.2) is 0 Å². The van der Waals surface area contributed by atoms with E-state index in [-0.39, 0.29) is 0 Å². The van der Waals surface area contributed by atoms with Crippen molar-refractivity contribution in [2.75, 3.05) is 0 Å². The minimum atomic E-state index is 0.299. The molecule has 1 heteroatoms. The molecule has 52 valence electrons. The molecular formula is C9H10O. The monoisotopic (exact) mass is 134 g/mol. The van der Waals surface area contributed by atoms with Crippen molar-refractivity contribution in [2.45, 2.75) is 6.42 Å². The van der Waals surface area contributed by atoms with E-state index in [1.807, 2.05) is 36.5 Å². The van der Waals surface area contributed by atoms with Gasteiger partial charge in [-0.2, -0.15) is 0 Å². The summed E-state index contributed by atoms with van der Waals surface area (Å²) in [5.41, 5.74) is 0. The van der Waals surface area contributed by atoms with Crippen molar-refractivity contribution in [3.8, 4) is 0 Å². The van der Waals surface area contributed by atoms with E-state index in [4.69, 9.17) is 0 Å². The van der Waals surface area contributed by atoms with Crippen LogP contribution < -0.4 is 0 Å². The molecule has 0 fully saturated rings. The van der Waals surface area contributed by atoms with Crippen LogP contribution in [0.25, 0.3) is 0 Å². The lowest BCUT2D eigenvalue weighted by atomic mass is 10.1. The summed E-state index contributed by atoms with van der Waals surface area (Å²) in [5.74, 6) is 0.299. The number of aldehydes is 1. The minimum Gasteiger partial charge on any atom is -0.303 e. The molecular weight excluding hydrogens is 124 g/mol. The molecule has 0 saturated carbocycles. The third kappa shape index (κ3) is 2.02. The van der Waals surface area contributed by atoms with Gasteiger partial charge in [0.05, 0.1) is 0 Å². The van der Waals surface area contributed by atoms with Crippen LogP contribution in [0.3, 0.4) is 0 Å². The van der Waals surface area contributed by atoms with Crippen LogP contribution in [0.5, 0.6) is 0 Å². The van der Waals surface area contributed by atoms with Gasteiger partial charge in [-0.15, -0.1) is 0 Å². The molecule has 0 spiro atoms. The number of allylic oxidation sites excluding steroid dienone is 6. The van der Waals surface area contributed by atoms with E-state index in [0.29, 0.717) is 12.3 Å². The number of carbonyl (C=O) groups excluding carboxylic acids is 1. The Balaban J connectivity index is 2.54. The third-order valence-corrected chi connectivity index (χ3v) is 1.42. The van der Waals surface area contributed by atoms with Crippen molar-refractivity contribution in [3.05, 3.63) is 36.5 Å². The van der Waals surface area contributed by atoms with E-state index in [1.165, 1.54) is 0 Å². The van der Waals surface area contributed by atoms with Crippen LogP contribution in [0.15, 0.2) is 36.5 Å². The molecule has 0 aliphatic heterocycles. The Kier molecular flexibility index (Phi) is 2.68. The van der Waals surface area contributed by atoms with Crippen molar-refractivity contribution in [2.24, 2.45) is 5.92 Å². The second kappa shape index (κ2) is 3.83. The number of hydrogen-bond donors (Lipinski definition) is 0. The second-order valence-electron chi connectivity index (χ2n) is 2.22. The average molecular weight is 134 g/mol. The van der Waals surface area contributed by atoms with Gasteiger partial charge in [0, 0.05) is 12.3 Å². The first-order valence-electron chi connectivity index (χ1n) is 3.39. The maximum absolute atomic E-state index is 10.1. The van der Waals surface area contributed by atoms with E-state index >= 15 is 0 Å². The van der Waals surface area contributed by atoms with Crippen LogP contribution in [0.4, 0.5) is 0 Å². The van der Waals surface area contributed by atoms with Gasteiger partial charge in [-0.25, -0.2) is 0 Å². The summed E-state index contributed by atoms with van der Waals surface area (Å²) >= 11 is 0. The highest BCUT2D eigenvalue weighted by Crippen LogP contribution is 2.07. The molecule has 1 aliphatic rings. The zero-order chi connectivity index (χ0) is 7.23. The highest BCUT2D eigenvalue weighted by Gasteiger charge is 1.97. The van der Waals surface area contributed by atoms with Gasteiger partial charge in [-0.1, -0.05) is 36.5 Å². The molecule has 0 aromatic rings. The van der Waals surface area contributed by atoms with Gasteiger partial charge < -0.3 is 4.79 Å². The Hall–Kier alpha value is -1.11. The summed E-state index contributed by atoms with van der Waals surface area (Å²) in [6, 6.07) is 0. The fraction of sp³-hybridized carbons (Fsp3) is 0.222. The molecule has 1 rings (SSSR count). The number of carbonyl (C=O) groups is 1. The van der Waals surface area contributed by atoms with Crippen LogP contribution in [-0.4, -0.2) is 6.29 Å². The Morgan fingerprint density at radius 3 is 2.20 bits per heavy atom. The molecule has 0 aromatic carbocycles. The number of hydrogen-bond acceptors (Lipinski definition) is 1. The molecule has 0 atom stereocenters. The van der Waals surface area contributed by atoms with E-state index in [9.17, 15) is 4.79 Å². The molecule has 1 nitrogen and oxygen atoms in total. The second-order valence-corrected chi connectivity index (χ2v) is 2.22. The predicted molar refractivity (Wildman–Crippen MR) is 41.6 cm³/mol. The standard InChI is InChI=1S/C9H10O/c10-8-7-9-5-3-1-2-4-6-9/h1-6,8-9H,7H2. The summed E-state index contributed by atoms with van der Waals surface area (Å²) in [4.78, 5) is 10.1. The summed E-state index contributed by atoms with van der Waals surface area (Å²) in [5, 5.41) is 0. The molecule has 0 saturated heterocycles. The first-order chi connectivity index (χ1) is 4.93. The third-order valence-electron chi connectivity index (χ3n) is 1.42. The van der Waals surface area contributed by atoms with Gasteiger partial charge in [-0.3, -0.25) is 0 Å². The first kappa shape index (κ1) is 7.00. The van der Waals surface area contributed by atoms with E-state index in [0.717, 1.165) is 6.29 Å². The van der Waals surface area contributed by atoms with Crippen LogP contribution in [0.1, 0.15) is 6.42 Å². The lowest BCUT2D eigenvalue weighted by molar-refractivity contribution is -0.108. The molecule has 0 amide bonds. The summed E-state index contributed by atoms with van der Waals surface area (Å²) < 4.78 is 0. The van der Waals surface area contributed by atoms with Gasteiger partial charge in [0.1, 0.15) is 6.29 Å². The first-order valence-corrected chi connectivity index (χ1v) is 3.39. The number of rotatable bonds is 2. The van der Waals surface area contributed by atoms with E-state index < -0.39 is 0 Å². The van der Waals surface area contributed by atoms with Crippen LogP contribution in [0.2, 0.25) is 0 Å². The fourth-order valence-corrected chi connectivity index (χ4v) is 0.874. The molecule has 10 heavy (non-hydrogen) atoms. The highest BCUT2D eigenvalue weighted by molar-refractivity contribution is 5.51. The smallest absolute Gasteiger partial charge is 0.120 e. The van der Waals surface area contributed by atoms with E-state index in [1.54, 1.807) is 0 Å². The predicted octanol–water partition coefficient (Wildman–Crippen LogP) is 1.87. The Morgan fingerprint density at radius 1 is 1.10 bits per heavy atom. The molecule has 1 aliphatic carbocycles. The zero-order valence-corrected chi connectivity index (χ0v) is 5.73. The summed E-state index contributed by atoms with van der Waals surface area (Å²) in [7, 11) is 0.